The van der Waals surface area contributed by atoms with Crippen LogP contribution in [-0.2, 0) is 22.0 Å². The number of sulfonamides is 1. The van der Waals surface area contributed by atoms with Gasteiger partial charge in [0.15, 0.2) is 0 Å². The zero-order valence-corrected chi connectivity index (χ0v) is 22.2. The van der Waals surface area contributed by atoms with Crippen LogP contribution in [0.3, 0.4) is 0 Å². The SMILES string of the molecule is CNS(=O)(=O)c1ccc(CNC(=O)N2CC3(CCCC3)c3cc(-c4cc(F)c(C#N)cc4C)ccc32)cc1. The molecular formula is C29H29FN4O3S. The normalized spacial score (nSPS) is 15.9. The average molecular weight is 533 g/mol. The van der Waals surface area contributed by atoms with Crippen molar-refractivity contribution in [2.75, 3.05) is 18.5 Å². The summed E-state index contributed by atoms with van der Waals surface area (Å²) in [7, 11) is -2.16. The van der Waals surface area contributed by atoms with E-state index in [9.17, 15) is 17.6 Å². The van der Waals surface area contributed by atoms with E-state index in [1.807, 2.05) is 25.1 Å². The summed E-state index contributed by atoms with van der Waals surface area (Å²) in [6.45, 7) is 2.71. The second-order valence-corrected chi connectivity index (χ2v) is 12.0. The average Bonchev–Trinajstić information content (AvgIpc) is 3.53. The molecule has 1 fully saturated rings. The summed E-state index contributed by atoms with van der Waals surface area (Å²) >= 11 is 0. The lowest BCUT2D eigenvalue weighted by Gasteiger charge is -2.25. The number of hydrogen-bond donors (Lipinski definition) is 2. The number of nitrogens with one attached hydrogen (secondary N) is 2. The molecule has 5 rings (SSSR count). The van der Waals surface area contributed by atoms with Gasteiger partial charge in [0, 0.05) is 24.2 Å². The summed E-state index contributed by atoms with van der Waals surface area (Å²) in [5, 5.41) is 12.1. The van der Waals surface area contributed by atoms with Crippen molar-refractivity contribution < 1.29 is 17.6 Å². The number of nitrogens with zero attached hydrogens (tertiary/aromatic N) is 2. The van der Waals surface area contributed by atoms with Crippen LogP contribution < -0.4 is 14.9 Å². The van der Waals surface area contributed by atoms with Gasteiger partial charge in [-0.25, -0.2) is 22.3 Å². The molecule has 1 saturated carbocycles. The van der Waals surface area contributed by atoms with Crippen molar-refractivity contribution >= 4 is 21.7 Å². The highest BCUT2D eigenvalue weighted by Gasteiger charge is 2.46. The molecule has 0 saturated heterocycles. The second kappa shape index (κ2) is 9.86. The Morgan fingerprint density at radius 2 is 1.82 bits per heavy atom. The van der Waals surface area contributed by atoms with E-state index >= 15 is 0 Å². The summed E-state index contributed by atoms with van der Waals surface area (Å²) in [6.07, 6.45) is 4.14. The predicted octanol–water partition coefficient (Wildman–Crippen LogP) is 5.12. The molecule has 0 aromatic heterocycles. The van der Waals surface area contributed by atoms with E-state index in [2.05, 4.69) is 16.1 Å². The van der Waals surface area contributed by atoms with Crippen LogP contribution in [0.5, 0.6) is 0 Å². The maximum absolute atomic E-state index is 14.5. The first-order valence-electron chi connectivity index (χ1n) is 12.6. The molecule has 2 amide bonds. The molecule has 0 atom stereocenters. The number of hydrogen-bond acceptors (Lipinski definition) is 4. The Balaban J connectivity index is 1.40. The van der Waals surface area contributed by atoms with Gasteiger partial charge in [-0.1, -0.05) is 31.0 Å². The molecule has 3 aromatic rings. The van der Waals surface area contributed by atoms with E-state index in [1.165, 1.54) is 25.2 Å². The van der Waals surface area contributed by atoms with Gasteiger partial charge in [-0.05, 0) is 91.0 Å². The number of benzene rings is 3. The molecule has 2 N–H and O–H groups in total. The highest BCUT2D eigenvalue weighted by atomic mass is 32.2. The van der Waals surface area contributed by atoms with Crippen molar-refractivity contribution in [2.45, 2.75) is 49.5 Å². The van der Waals surface area contributed by atoms with Gasteiger partial charge in [-0.3, -0.25) is 4.90 Å². The van der Waals surface area contributed by atoms with Crippen LogP contribution in [0.1, 0.15) is 47.9 Å². The number of nitriles is 1. The predicted molar refractivity (Wildman–Crippen MR) is 144 cm³/mol. The number of fused-ring (bicyclic) bond motifs is 2. The van der Waals surface area contributed by atoms with Gasteiger partial charge in [0.25, 0.3) is 0 Å². The molecule has 196 valence electrons. The highest BCUT2D eigenvalue weighted by Crippen LogP contribution is 2.51. The summed E-state index contributed by atoms with van der Waals surface area (Å²) in [6, 6.07) is 17.0. The van der Waals surface area contributed by atoms with Gasteiger partial charge in [0.1, 0.15) is 11.9 Å². The number of amides is 2. The summed E-state index contributed by atoms with van der Waals surface area (Å²) in [5.41, 5.74) is 5.08. The van der Waals surface area contributed by atoms with Crippen molar-refractivity contribution in [3.05, 3.63) is 82.7 Å². The molecule has 0 radical (unpaired) electrons. The number of aryl methyl sites for hydroxylation is 1. The van der Waals surface area contributed by atoms with E-state index in [-0.39, 0.29) is 28.4 Å². The smallest absolute Gasteiger partial charge is 0.322 e. The summed E-state index contributed by atoms with van der Waals surface area (Å²) in [4.78, 5) is 15.3. The van der Waals surface area contributed by atoms with Gasteiger partial charge in [-0.2, -0.15) is 5.26 Å². The van der Waals surface area contributed by atoms with Crippen LogP contribution in [0.4, 0.5) is 14.9 Å². The van der Waals surface area contributed by atoms with E-state index in [1.54, 1.807) is 23.1 Å². The maximum atomic E-state index is 14.5. The Bertz CT molecular complexity index is 1560. The molecule has 0 unspecified atom stereocenters. The molecule has 9 heteroatoms. The molecule has 1 heterocycles. The van der Waals surface area contributed by atoms with Crippen LogP contribution in [0.2, 0.25) is 0 Å². The fourth-order valence-corrected chi connectivity index (χ4v) is 6.48. The quantitative estimate of drug-likeness (QED) is 0.476. The third-order valence-corrected chi connectivity index (χ3v) is 9.25. The highest BCUT2D eigenvalue weighted by molar-refractivity contribution is 7.89. The van der Waals surface area contributed by atoms with Crippen molar-refractivity contribution in [2.24, 2.45) is 0 Å². The Kier molecular flexibility index (Phi) is 6.72. The fraction of sp³-hybridized carbons (Fsp3) is 0.310. The maximum Gasteiger partial charge on any atom is 0.322 e. The van der Waals surface area contributed by atoms with Gasteiger partial charge in [-0.15, -0.1) is 0 Å². The van der Waals surface area contributed by atoms with Crippen LogP contribution >= 0.6 is 0 Å². The van der Waals surface area contributed by atoms with E-state index in [4.69, 9.17) is 5.26 Å². The van der Waals surface area contributed by atoms with Crippen molar-refractivity contribution in [3.63, 3.8) is 0 Å². The summed E-state index contributed by atoms with van der Waals surface area (Å²) < 4.78 is 40.6. The van der Waals surface area contributed by atoms with Crippen molar-refractivity contribution in [1.29, 1.82) is 5.26 Å². The Hall–Kier alpha value is -3.74. The van der Waals surface area contributed by atoms with Gasteiger partial charge < -0.3 is 5.32 Å². The lowest BCUT2D eigenvalue weighted by atomic mass is 9.79. The standard InChI is InChI=1S/C29H29FN4O3S/c1-19-13-22(16-31)26(30)15-24(19)21-7-10-27-25(14-21)29(11-3-4-12-29)18-34(27)28(35)33-17-20-5-8-23(9-6-20)38(36,37)32-2/h5-10,13-15,32H,3-4,11-12,17-18H2,1-2H3,(H,33,35). The van der Waals surface area contributed by atoms with Crippen LogP contribution in [0.25, 0.3) is 11.1 Å². The largest absolute Gasteiger partial charge is 0.334 e. The molecule has 7 nitrogen and oxygen atoms in total. The van der Waals surface area contributed by atoms with Crippen molar-refractivity contribution in [3.8, 4) is 17.2 Å². The molecule has 2 aliphatic rings. The first kappa shape index (κ1) is 25.9. The van der Waals surface area contributed by atoms with Crippen LogP contribution in [-0.4, -0.2) is 28.0 Å². The minimum absolute atomic E-state index is 0.0285. The van der Waals surface area contributed by atoms with Gasteiger partial charge in [0.05, 0.1) is 10.5 Å². The number of carbonyl (C=O) groups excluding carboxylic acids is 1. The lowest BCUT2D eigenvalue weighted by Crippen LogP contribution is -2.41. The zero-order chi connectivity index (χ0) is 27.1. The molecule has 3 aromatic carbocycles. The number of anilines is 1. The molecule has 1 aliphatic heterocycles. The molecule has 1 spiro atoms. The molecule has 38 heavy (non-hydrogen) atoms. The van der Waals surface area contributed by atoms with E-state index in [0.717, 1.165) is 59.2 Å². The van der Waals surface area contributed by atoms with Gasteiger partial charge >= 0.3 is 6.03 Å². The lowest BCUT2D eigenvalue weighted by molar-refractivity contribution is 0.245. The van der Waals surface area contributed by atoms with Crippen LogP contribution in [0, 0.1) is 24.1 Å². The minimum atomic E-state index is -3.52. The Morgan fingerprint density at radius 1 is 1.11 bits per heavy atom. The summed E-state index contributed by atoms with van der Waals surface area (Å²) in [5.74, 6) is -0.540. The Labute approximate surface area is 222 Å². The van der Waals surface area contributed by atoms with E-state index < -0.39 is 15.8 Å². The number of urea groups is 1. The number of carbonyl (C=O) groups is 1. The Morgan fingerprint density at radius 3 is 2.47 bits per heavy atom. The first-order chi connectivity index (χ1) is 18.2. The van der Waals surface area contributed by atoms with Gasteiger partial charge in [0.2, 0.25) is 10.0 Å². The first-order valence-corrected chi connectivity index (χ1v) is 14.1. The zero-order valence-electron chi connectivity index (χ0n) is 21.3. The van der Waals surface area contributed by atoms with E-state index in [0.29, 0.717) is 6.54 Å². The topological polar surface area (TPSA) is 102 Å². The third kappa shape index (κ3) is 4.55. The third-order valence-electron chi connectivity index (χ3n) is 7.82. The minimum Gasteiger partial charge on any atom is -0.334 e. The molecule has 1 aliphatic carbocycles. The second-order valence-electron chi connectivity index (χ2n) is 10.1. The van der Waals surface area contributed by atoms with Crippen LogP contribution in [0.15, 0.2) is 59.5 Å². The molecular weight excluding hydrogens is 503 g/mol. The monoisotopic (exact) mass is 532 g/mol. The number of rotatable bonds is 5. The van der Waals surface area contributed by atoms with Crippen molar-refractivity contribution in [1.82, 2.24) is 10.0 Å². The molecule has 0 bridgehead atoms. The number of halogens is 1. The fourth-order valence-electron chi connectivity index (χ4n) is 5.75.